The van der Waals surface area contributed by atoms with Crippen molar-refractivity contribution in [1.29, 1.82) is 0 Å². The summed E-state index contributed by atoms with van der Waals surface area (Å²) in [6.07, 6.45) is 0. The van der Waals surface area contributed by atoms with Crippen LogP contribution in [0.15, 0.2) is 4.79 Å². The molecule has 0 aromatic carbocycles. The number of hydrazine groups is 1. The molecule has 1 aromatic rings. The highest BCUT2D eigenvalue weighted by atomic mass is 16.6. The standard InChI is InChI=1S/C5H7N5O3/c1-2-3(10(12)13)4(9-6)8-5(11)7-2/h6H2,1H3,(H2,7,8,9,11). The molecule has 0 spiro atoms. The van der Waals surface area contributed by atoms with Gasteiger partial charge < -0.3 is 10.4 Å². The first-order chi connectivity index (χ1) is 6.06. The summed E-state index contributed by atoms with van der Waals surface area (Å²) in [5, 5.41) is 10.5. The number of nitro groups is 1. The van der Waals surface area contributed by atoms with E-state index in [0.717, 1.165) is 0 Å². The fraction of sp³-hybridized carbons (Fsp3) is 0.200. The predicted molar refractivity (Wildman–Crippen MR) is 44.1 cm³/mol. The zero-order valence-electron chi connectivity index (χ0n) is 6.70. The van der Waals surface area contributed by atoms with Crippen LogP contribution in [0.3, 0.4) is 0 Å². The molecular weight excluding hydrogens is 178 g/mol. The molecule has 0 amide bonds. The second-order valence-electron chi connectivity index (χ2n) is 2.27. The fourth-order valence-electron chi connectivity index (χ4n) is 0.904. The SMILES string of the molecule is Cc1[nH]c(=O)nc(NN)c1[N+](=O)[O-]. The summed E-state index contributed by atoms with van der Waals surface area (Å²) in [7, 11) is 0. The molecule has 0 fully saturated rings. The summed E-state index contributed by atoms with van der Waals surface area (Å²) in [6, 6.07) is 0. The average molecular weight is 185 g/mol. The number of nitrogens with one attached hydrogen (secondary N) is 2. The molecule has 0 atom stereocenters. The van der Waals surface area contributed by atoms with Crippen LogP contribution < -0.4 is 17.0 Å². The minimum atomic E-state index is -0.684. The molecule has 8 heteroatoms. The molecule has 0 saturated carbocycles. The molecule has 8 nitrogen and oxygen atoms in total. The third-order valence-electron chi connectivity index (χ3n) is 1.41. The molecule has 0 aliphatic carbocycles. The van der Waals surface area contributed by atoms with Gasteiger partial charge in [0.1, 0.15) is 0 Å². The molecule has 0 aliphatic rings. The molecule has 0 radical (unpaired) electrons. The first kappa shape index (κ1) is 9.13. The van der Waals surface area contributed by atoms with Gasteiger partial charge >= 0.3 is 11.4 Å². The highest BCUT2D eigenvalue weighted by Crippen LogP contribution is 2.20. The van der Waals surface area contributed by atoms with Crippen LogP contribution in [0.4, 0.5) is 11.5 Å². The quantitative estimate of drug-likeness (QED) is 0.316. The van der Waals surface area contributed by atoms with Crippen LogP contribution in [-0.4, -0.2) is 14.9 Å². The van der Waals surface area contributed by atoms with Gasteiger partial charge in [-0.3, -0.25) is 10.1 Å². The van der Waals surface area contributed by atoms with Crippen LogP contribution in [0.1, 0.15) is 5.69 Å². The third-order valence-corrected chi connectivity index (χ3v) is 1.41. The zero-order chi connectivity index (χ0) is 10.0. The molecule has 0 saturated heterocycles. The van der Waals surface area contributed by atoms with E-state index in [1.165, 1.54) is 6.92 Å². The van der Waals surface area contributed by atoms with Gasteiger partial charge in [0.25, 0.3) is 0 Å². The topological polar surface area (TPSA) is 127 Å². The Morgan fingerprint density at radius 3 is 2.77 bits per heavy atom. The number of aromatic nitrogens is 2. The lowest BCUT2D eigenvalue weighted by molar-refractivity contribution is -0.385. The molecule has 0 unspecified atom stereocenters. The maximum absolute atomic E-state index is 10.8. The normalized spacial score (nSPS) is 9.69. The highest BCUT2D eigenvalue weighted by Gasteiger charge is 2.19. The Balaban J connectivity index is 3.47. The Hall–Kier alpha value is -1.96. The number of hydrogen-bond donors (Lipinski definition) is 3. The minimum absolute atomic E-state index is 0.109. The van der Waals surface area contributed by atoms with Crippen molar-refractivity contribution in [2.24, 2.45) is 5.84 Å². The van der Waals surface area contributed by atoms with Crippen molar-refractivity contribution in [1.82, 2.24) is 9.97 Å². The molecule has 1 heterocycles. The molecule has 0 bridgehead atoms. The van der Waals surface area contributed by atoms with E-state index in [0.29, 0.717) is 0 Å². The van der Waals surface area contributed by atoms with Crippen molar-refractivity contribution in [3.63, 3.8) is 0 Å². The number of rotatable bonds is 2. The maximum Gasteiger partial charge on any atom is 0.347 e. The van der Waals surface area contributed by atoms with Gasteiger partial charge in [-0.1, -0.05) is 0 Å². The Morgan fingerprint density at radius 1 is 1.69 bits per heavy atom. The van der Waals surface area contributed by atoms with E-state index in [2.05, 4.69) is 9.97 Å². The Kier molecular flexibility index (Phi) is 2.24. The Bertz CT molecular complexity index is 398. The van der Waals surface area contributed by atoms with Gasteiger partial charge in [0.15, 0.2) is 0 Å². The van der Waals surface area contributed by atoms with Gasteiger partial charge in [0, 0.05) is 0 Å². The third kappa shape index (κ3) is 1.62. The van der Waals surface area contributed by atoms with Gasteiger partial charge in [-0.25, -0.2) is 10.6 Å². The summed E-state index contributed by atoms with van der Waals surface area (Å²) < 4.78 is 0. The smallest absolute Gasteiger partial charge is 0.304 e. The van der Waals surface area contributed by atoms with Crippen LogP contribution in [0.2, 0.25) is 0 Å². The van der Waals surface area contributed by atoms with E-state index in [9.17, 15) is 14.9 Å². The summed E-state index contributed by atoms with van der Waals surface area (Å²) in [5.41, 5.74) is 1.08. The van der Waals surface area contributed by atoms with Crippen LogP contribution >= 0.6 is 0 Å². The van der Waals surface area contributed by atoms with E-state index in [4.69, 9.17) is 5.84 Å². The van der Waals surface area contributed by atoms with E-state index in [1.54, 1.807) is 0 Å². The molecule has 0 aliphatic heterocycles. The molecule has 4 N–H and O–H groups in total. The fourth-order valence-corrected chi connectivity index (χ4v) is 0.904. The van der Waals surface area contributed by atoms with Gasteiger partial charge in [-0.05, 0) is 6.92 Å². The number of H-pyrrole nitrogens is 1. The number of nitrogens with zero attached hydrogens (tertiary/aromatic N) is 2. The highest BCUT2D eigenvalue weighted by molar-refractivity contribution is 5.56. The number of aryl methyl sites for hydroxylation is 1. The second kappa shape index (κ2) is 3.19. The van der Waals surface area contributed by atoms with E-state index >= 15 is 0 Å². The van der Waals surface area contributed by atoms with Crippen molar-refractivity contribution in [3.05, 3.63) is 26.3 Å². The van der Waals surface area contributed by atoms with Crippen LogP contribution in [0.5, 0.6) is 0 Å². The minimum Gasteiger partial charge on any atom is -0.304 e. The first-order valence-corrected chi connectivity index (χ1v) is 3.28. The molecule has 1 rings (SSSR count). The number of nitrogens with two attached hydrogens (primary N) is 1. The van der Waals surface area contributed by atoms with Crippen LogP contribution in [-0.2, 0) is 0 Å². The number of nitrogen functional groups attached to an aromatic ring is 1. The first-order valence-electron chi connectivity index (χ1n) is 3.28. The average Bonchev–Trinajstić information content (AvgIpc) is 2.01. The maximum atomic E-state index is 10.8. The van der Waals surface area contributed by atoms with E-state index < -0.39 is 10.6 Å². The number of aromatic amines is 1. The van der Waals surface area contributed by atoms with E-state index in [1.807, 2.05) is 5.43 Å². The van der Waals surface area contributed by atoms with Crippen molar-refractivity contribution >= 4 is 11.5 Å². The summed E-state index contributed by atoms with van der Waals surface area (Å²) >= 11 is 0. The van der Waals surface area contributed by atoms with Crippen molar-refractivity contribution in [3.8, 4) is 0 Å². The van der Waals surface area contributed by atoms with Crippen molar-refractivity contribution in [2.45, 2.75) is 6.92 Å². The summed E-state index contributed by atoms with van der Waals surface area (Å²) in [4.78, 5) is 26.0. The van der Waals surface area contributed by atoms with Gasteiger partial charge in [0.2, 0.25) is 5.82 Å². The van der Waals surface area contributed by atoms with E-state index in [-0.39, 0.29) is 17.2 Å². The zero-order valence-corrected chi connectivity index (χ0v) is 6.70. The van der Waals surface area contributed by atoms with Crippen LogP contribution in [0.25, 0.3) is 0 Å². The number of hydrogen-bond acceptors (Lipinski definition) is 6. The Morgan fingerprint density at radius 2 is 2.31 bits per heavy atom. The van der Waals surface area contributed by atoms with Crippen LogP contribution in [0, 0.1) is 17.0 Å². The van der Waals surface area contributed by atoms with Crippen molar-refractivity contribution < 1.29 is 4.92 Å². The van der Waals surface area contributed by atoms with Crippen molar-refractivity contribution in [2.75, 3.05) is 5.43 Å². The largest absolute Gasteiger partial charge is 0.347 e. The monoisotopic (exact) mass is 185 g/mol. The molecular formula is C5H7N5O3. The lowest BCUT2D eigenvalue weighted by atomic mass is 10.3. The lowest BCUT2D eigenvalue weighted by Gasteiger charge is -2.01. The number of anilines is 1. The summed E-state index contributed by atoms with van der Waals surface area (Å²) in [6.45, 7) is 1.39. The molecule has 13 heavy (non-hydrogen) atoms. The lowest BCUT2D eigenvalue weighted by Crippen LogP contribution is -2.20. The predicted octanol–water partition coefficient (Wildman–Crippen LogP) is -0.728. The van der Waals surface area contributed by atoms with Gasteiger partial charge in [-0.15, -0.1) is 0 Å². The van der Waals surface area contributed by atoms with Gasteiger partial charge in [-0.2, -0.15) is 4.98 Å². The molecule has 70 valence electrons. The second-order valence-corrected chi connectivity index (χ2v) is 2.27. The Labute approximate surface area is 71.9 Å². The molecule has 1 aromatic heterocycles. The van der Waals surface area contributed by atoms with Gasteiger partial charge in [0.05, 0.1) is 10.6 Å². The summed E-state index contributed by atoms with van der Waals surface area (Å²) in [5.74, 6) is 4.71.